The van der Waals surface area contributed by atoms with E-state index in [1.54, 1.807) is 0 Å². The molecule has 1 fully saturated rings. The molecule has 1 aromatic heterocycles. The van der Waals surface area contributed by atoms with Crippen LogP contribution < -0.4 is 11.4 Å². The number of rotatable bonds is 2. The van der Waals surface area contributed by atoms with Crippen LogP contribution in [0, 0.1) is 3.57 Å². The predicted octanol–water partition coefficient (Wildman–Crippen LogP) is -0.929. The minimum absolute atomic E-state index is 0.151. The summed E-state index contributed by atoms with van der Waals surface area (Å²) < 4.78 is 7.16. The highest BCUT2D eigenvalue weighted by Crippen LogP contribution is 2.27. The van der Waals surface area contributed by atoms with Crippen LogP contribution >= 0.6 is 22.6 Å². The van der Waals surface area contributed by atoms with E-state index >= 15 is 0 Å². The second-order valence-corrected chi connectivity index (χ2v) is 4.96. The maximum Gasteiger partial charge on any atom is 0.351 e. The quantitative estimate of drug-likeness (QED) is 0.593. The first kappa shape index (κ1) is 12.7. The maximum atomic E-state index is 11.6. The zero-order chi connectivity index (χ0) is 12.6. The van der Waals surface area contributed by atoms with E-state index in [0.29, 0.717) is 3.57 Å². The van der Waals surface area contributed by atoms with Gasteiger partial charge in [0.2, 0.25) is 0 Å². The molecule has 0 bridgehead atoms. The number of nitrogen functional groups attached to an aromatic ring is 1. The minimum Gasteiger partial charge on any atom is -0.394 e. The summed E-state index contributed by atoms with van der Waals surface area (Å²) in [4.78, 5) is 15.3. The highest BCUT2D eigenvalue weighted by molar-refractivity contribution is 14.1. The zero-order valence-electron chi connectivity index (χ0n) is 8.78. The van der Waals surface area contributed by atoms with Gasteiger partial charge in [-0.15, -0.1) is 0 Å². The third-order valence-corrected chi connectivity index (χ3v) is 3.41. The Bertz CT molecular complexity index is 478. The Labute approximate surface area is 110 Å². The molecule has 8 heteroatoms. The van der Waals surface area contributed by atoms with E-state index in [1.807, 2.05) is 22.6 Å². The van der Waals surface area contributed by atoms with Crippen molar-refractivity contribution in [3.05, 3.63) is 20.3 Å². The van der Waals surface area contributed by atoms with E-state index in [9.17, 15) is 9.90 Å². The SMILES string of the molecule is Nc1nc(=O)n([C@@H]2O[C@H](CO)C[C@H]2O)cc1I. The Morgan fingerprint density at radius 3 is 3.00 bits per heavy atom. The minimum atomic E-state index is -0.842. The molecule has 2 rings (SSSR count). The molecule has 94 valence electrons. The molecule has 7 nitrogen and oxygen atoms in total. The van der Waals surface area contributed by atoms with Crippen LogP contribution in [0.3, 0.4) is 0 Å². The first-order chi connectivity index (χ1) is 8.02. The molecule has 2 heterocycles. The number of nitrogens with two attached hydrogens (primary N) is 1. The van der Waals surface area contributed by atoms with Gasteiger partial charge in [-0.3, -0.25) is 4.57 Å². The van der Waals surface area contributed by atoms with Crippen molar-refractivity contribution in [1.29, 1.82) is 0 Å². The zero-order valence-corrected chi connectivity index (χ0v) is 10.9. The molecular formula is C9H12IN3O4. The number of halogens is 1. The van der Waals surface area contributed by atoms with Crippen LogP contribution in [0.5, 0.6) is 0 Å². The van der Waals surface area contributed by atoms with E-state index in [0.717, 1.165) is 0 Å². The maximum absolute atomic E-state index is 11.6. The number of hydrogen-bond acceptors (Lipinski definition) is 6. The molecule has 0 amide bonds. The van der Waals surface area contributed by atoms with Crippen molar-refractivity contribution in [2.45, 2.75) is 24.9 Å². The summed E-state index contributed by atoms with van der Waals surface area (Å²) in [5.41, 5.74) is 4.92. The van der Waals surface area contributed by atoms with Crippen molar-refractivity contribution in [3.63, 3.8) is 0 Å². The van der Waals surface area contributed by atoms with Crippen LogP contribution in [0.2, 0.25) is 0 Å². The van der Waals surface area contributed by atoms with Crippen LogP contribution in [-0.2, 0) is 4.74 Å². The number of hydrogen-bond donors (Lipinski definition) is 3. The lowest BCUT2D eigenvalue weighted by Gasteiger charge is -2.17. The lowest BCUT2D eigenvalue weighted by Crippen LogP contribution is -2.32. The van der Waals surface area contributed by atoms with Crippen molar-refractivity contribution in [2.75, 3.05) is 12.3 Å². The summed E-state index contributed by atoms with van der Waals surface area (Å²) in [5.74, 6) is 0.151. The third kappa shape index (κ3) is 2.44. The lowest BCUT2D eigenvalue weighted by atomic mass is 10.2. The number of ether oxygens (including phenoxy) is 1. The lowest BCUT2D eigenvalue weighted by molar-refractivity contribution is -0.0530. The second-order valence-electron chi connectivity index (χ2n) is 3.80. The fraction of sp³-hybridized carbons (Fsp3) is 0.556. The van der Waals surface area contributed by atoms with Crippen molar-refractivity contribution >= 4 is 28.4 Å². The molecule has 1 saturated heterocycles. The highest BCUT2D eigenvalue weighted by Gasteiger charge is 2.35. The fourth-order valence-corrected chi connectivity index (χ4v) is 2.16. The summed E-state index contributed by atoms with van der Waals surface area (Å²) in [7, 11) is 0. The van der Waals surface area contributed by atoms with Crippen LogP contribution in [0.25, 0.3) is 0 Å². The Morgan fingerprint density at radius 2 is 2.41 bits per heavy atom. The summed E-state index contributed by atoms with van der Waals surface area (Å²) in [6.07, 6.45) is -0.350. The summed E-state index contributed by atoms with van der Waals surface area (Å²) in [6, 6.07) is 0. The van der Waals surface area contributed by atoms with E-state index in [2.05, 4.69) is 4.98 Å². The van der Waals surface area contributed by atoms with Gasteiger partial charge in [0, 0.05) is 12.6 Å². The molecule has 0 saturated carbocycles. The molecule has 0 unspecified atom stereocenters. The number of aliphatic hydroxyl groups excluding tert-OH is 2. The van der Waals surface area contributed by atoms with Gasteiger partial charge in [0.25, 0.3) is 0 Å². The second kappa shape index (κ2) is 4.88. The molecule has 3 atom stereocenters. The largest absolute Gasteiger partial charge is 0.394 e. The Balaban J connectivity index is 2.35. The molecular weight excluding hydrogens is 341 g/mol. The molecule has 0 radical (unpaired) electrons. The van der Waals surface area contributed by atoms with Gasteiger partial charge in [0.1, 0.15) is 11.9 Å². The highest BCUT2D eigenvalue weighted by atomic mass is 127. The fourth-order valence-electron chi connectivity index (χ4n) is 1.74. The number of aromatic nitrogens is 2. The first-order valence-corrected chi connectivity index (χ1v) is 6.09. The van der Waals surface area contributed by atoms with Crippen LogP contribution in [0.4, 0.5) is 5.82 Å². The van der Waals surface area contributed by atoms with E-state index in [-0.39, 0.29) is 18.8 Å². The molecule has 1 aliphatic heterocycles. The van der Waals surface area contributed by atoms with Gasteiger partial charge >= 0.3 is 5.69 Å². The standard InChI is InChI=1S/C9H12IN3O4/c10-5-2-13(9(16)12-7(5)11)8-6(15)1-4(3-14)17-8/h2,4,6,8,14-15H,1,3H2,(H2,11,12,16)/t4-,6+,8+/m0/s1. The van der Waals surface area contributed by atoms with E-state index < -0.39 is 24.1 Å². The van der Waals surface area contributed by atoms with Gasteiger partial charge in [0.15, 0.2) is 6.23 Å². The monoisotopic (exact) mass is 353 g/mol. The molecule has 0 aromatic carbocycles. The summed E-state index contributed by atoms with van der Waals surface area (Å²) in [6.45, 7) is -0.193. The summed E-state index contributed by atoms with van der Waals surface area (Å²) >= 11 is 1.94. The van der Waals surface area contributed by atoms with Crippen molar-refractivity contribution in [2.24, 2.45) is 0 Å². The van der Waals surface area contributed by atoms with E-state index in [4.69, 9.17) is 15.6 Å². The molecule has 0 spiro atoms. The molecule has 0 aliphatic carbocycles. The van der Waals surface area contributed by atoms with Crippen LogP contribution in [0.15, 0.2) is 11.0 Å². The van der Waals surface area contributed by atoms with Gasteiger partial charge in [-0.25, -0.2) is 4.79 Å². The molecule has 4 N–H and O–H groups in total. The van der Waals surface area contributed by atoms with Crippen molar-refractivity contribution in [3.8, 4) is 0 Å². The van der Waals surface area contributed by atoms with Gasteiger partial charge < -0.3 is 20.7 Å². The van der Waals surface area contributed by atoms with Gasteiger partial charge in [0.05, 0.1) is 16.3 Å². The normalized spacial score (nSPS) is 28.5. The Morgan fingerprint density at radius 1 is 1.71 bits per heavy atom. The Kier molecular flexibility index (Phi) is 3.66. The van der Waals surface area contributed by atoms with Crippen molar-refractivity contribution < 1.29 is 14.9 Å². The average Bonchev–Trinajstić information content (AvgIpc) is 2.65. The Hall–Kier alpha value is -0.710. The third-order valence-electron chi connectivity index (χ3n) is 2.58. The summed E-state index contributed by atoms with van der Waals surface area (Å²) in [5, 5.41) is 18.7. The van der Waals surface area contributed by atoms with E-state index in [1.165, 1.54) is 10.8 Å². The van der Waals surface area contributed by atoms with Gasteiger partial charge in [-0.05, 0) is 22.6 Å². The van der Waals surface area contributed by atoms with Crippen LogP contribution in [-0.4, -0.2) is 38.6 Å². The molecule has 17 heavy (non-hydrogen) atoms. The topological polar surface area (TPSA) is 111 Å². The van der Waals surface area contributed by atoms with Gasteiger partial charge in [-0.2, -0.15) is 4.98 Å². The number of aliphatic hydroxyl groups is 2. The smallest absolute Gasteiger partial charge is 0.351 e. The molecule has 1 aliphatic rings. The first-order valence-electron chi connectivity index (χ1n) is 5.01. The average molecular weight is 353 g/mol. The van der Waals surface area contributed by atoms with Gasteiger partial charge in [-0.1, -0.05) is 0 Å². The number of nitrogens with zero attached hydrogens (tertiary/aromatic N) is 2. The van der Waals surface area contributed by atoms with Crippen LogP contribution in [0.1, 0.15) is 12.6 Å². The molecule has 1 aromatic rings. The number of anilines is 1. The van der Waals surface area contributed by atoms with Crippen molar-refractivity contribution in [1.82, 2.24) is 9.55 Å². The predicted molar refractivity (Wildman–Crippen MR) is 67.2 cm³/mol.